The molecule has 4 N–H and O–H groups in total. The molecule has 1 atom stereocenters. The summed E-state index contributed by atoms with van der Waals surface area (Å²) in [5.74, 6) is -0.235. The molecule has 0 spiro atoms. The van der Waals surface area contributed by atoms with Crippen molar-refractivity contribution in [1.82, 2.24) is 20.3 Å². The number of hydrogen-bond donors (Lipinski definition) is 4. The first-order valence-electron chi connectivity index (χ1n) is 8.14. The van der Waals surface area contributed by atoms with Gasteiger partial charge in [-0.3, -0.25) is 19.6 Å². The van der Waals surface area contributed by atoms with Crippen molar-refractivity contribution >= 4 is 5.91 Å². The van der Waals surface area contributed by atoms with Gasteiger partial charge in [-0.2, -0.15) is 0 Å². The highest BCUT2D eigenvalue weighted by molar-refractivity contribution is 5.79. The van der Waals surface area contributed by atoms with E-state index in [1.807, 2.05) is 12.1 Å². The van der Waals surface area contributed by atoms with Crippen molar-refractivity contribution in [3.8, 4) is 0 Å². The number of H-pyrrole nitrogens is 2. The van der Waals surface area contributed by atoms with Crippen molar-refractivity contribution in [1.29, 1.82) is 0 Å². The van der Waals surface area contributed by atoms with Crippen molar-refractivity contribution in [2.24, 2.45) is 5.92 Å². The third-order valence-electron chi connectivity index (χ3n) is 4.54. The van der Waals surface area contributed by atoms with Crippen LogP contribution in [0.4, 0.5) is 0 Å². The molecular weight excluding hydrogens is 324 g/mol. The van der Waals surface area contributed by atoms with E-state index < -0.39 is 11.2 Å². The van der Waals surface area contributed by atoms with Crippen LogP contribution in [-0.2, 0) is 11.2 Å². The van der Waals surface area contributed by atoms with Gasteiger partial charge in [-0.1, -0.05) is 6.07 Å². The number of aliphatic hydroxyl groups excluding tert-OH is 1. The van der Waals surface area contributed by atoms with Crippen molar-refractivity contribution in [2.75, 3.05) is 0 Å². The lowest BCUT2D eigenvalue weighted by Gasteiger charge is -2.37. The maximum atomic E-state index is 12.5. The van der Waals surface area contributed by atoms with Gasteiger partial charge >= 0.3 is 5.69 Å². The molecule has 2 heterocycles. The molecule has 1 aliphatic rings. The summed E-state index contributed by atoms with van der Waals surface area (Å²) < 4.78 is 0. The Kier molecular flexibility index (Phi) is 4.80. The Balaban J connectivity index is 1.77. The smallest absolute Gasteiger partial charge is 0.325 e. The summed E-state index contributed by atoms with van der Waals surface area (Å²) in [6.45, 7) is 1.58. The van der Waals surface area contributed by atoms with Gasteiger partial charge in [0.05, 0.1) is 24.3 Å². The Bertz CT molecular complexity index is 868. The van der Waals surface area contributed by atoms with Crippen molar-refractivity contribution in [3.63, 3.8) is 0 Å². The van der Waals surface area contributed by atoms with Crippen LogP contribution in [0.5, 0.6) is 0 Å². The SMILES string of the molecule is Cc1[nH]c(=O)[nH]c(=O)c1CC(=O)N[C@H](c1ccccn1)C1CC(O)C1. The quantitative estimate of drug-likeness (QED) is 0.604. The monoisotopic (exact) mass is 344 g/mol. The molecule has 25 heavy (non-hydrogen) atoms. The molecule has 0 aliphatic heterocycles. The van der Waals surface area contributed by atoms with Crippen LogP contribution in [0.2, 0.25) is 0 Å². The molecule has 3 rings (SSSR count). The van der Waals surface area contributed by atoms with Gasteiger partial charge in [0, 0.05) is 17.5 Å². The summed E-state index contributed by atoms with van der Waals surface area (Å²) in [6.07, 6.45) is 2.36. The van der Waals surface area contributed by atoms with Gasteiger partial charge in [-0.05, 0) is 37.8 Å². The second-order valence-corrected chi connectivity index (χ2v) is 6.37. The Labute approximate surface area is 143 Å². The standard InChI is InChI=1S/C17H20N4O4/c1-9-12(16(24)21-17(25)19-9)8-14(23)20-15(10-6-11(22)7-10)13-4-2-3-5-18-13/h2-5,10-11,15,22H,6-8H2,1H3,(H,20,23)(H2,19,21,24,25)/t10?,11?,15-/m0/s1. The Morgan fingerprint density at radius 3 is 2.72 bits per heavy atom. The molecule has 1 fully saturated rings. The third-order valence-corrected chi connectivity index (χ3v) is 4.54. The largest absolute Gasteiger partial charge is 0.393 e. The second kappa shape index (κ2) is 7.02. The lowest BCUT2D eigenvalue weighted by atomic mass is 9.76. The van der Waals surface area contributed by atoms with E-state index in [1.165, 1.54) is 0 Å². The van der Waals surface area contributed by atoms with Crippen molar-refractivity contribution in [3.05, 3.63) is 62.2 Å². The minimum absolute atomic E-state index is 0.101. The molecule has 1 saturated carbocycles. The number of aryl methyl sites for hydroxylation is 1. The predicted octanol–water partition coefficient (Wildman–Crippen LogP) is -0.0625. The maximum absolute atomic E-state index is 12.5. The molecular formula is C17H20N4O4. The number of pyridine rings is 1. The van der Waals surface area contributed by atoms with Crippen LogP contribution in [0.15, 0.2) is 34.0 Å². The van der Waals surface area contributed by atoms with E-state index in [4.69, 9.17) is 0 Å². The first-order valence-corrected chi connectivity index (χ1v) is 8.14. The summed E-state index contributed by atoms with van der Waals surface area (Å²) in [5.41, 5.74) is 0.161. The molecule has 1 amide bonds. The highest BCUT2D eigenvalue weighted by Crippen LogP contribution is 2.37. The number of hydrogen-bond acceptors (Lipinski definition) is 5. The van der Waals surface area contributed by atoms with E-state index in [0.29, 0.717) is 18.5 Å². The van der Waals surface area contributed by atoms with E-state index in [-0.39, 0.29) is 36.0 Å². The summed E-state index contributed by atoms with van der Waals surface area (Å²) in [7, 11) is 0. The number of carbonyl (C=O) groups excluding carboxylic acids is 1. The normalized spacial score (nSPS) is 20.6. The first-order chi connectivity index (χ1) is 11.9. The van der Waals surface area contributed by atoms with Gasteiger partial charge in [0.15, 0.2) is 0 Å². The number of aliphatic hydroxyl groups is 1. The van der Waals surface area contributed by atoms with E-state index in [2.05, 4.69) is 20.3 Å². The molecule has 132 valence electrons. The minimum atomic E-state index is -0.596. The summed E-state index contributed by atoms with van der Waals surface area (Å²) in [6, 6.07) is 5.14. The molecule has 8 nitrogen and oxygen atoms in total. The summed E-state index contributed by atoms with van der Waals surface area (Å²) in [5, 5.41) is 12.5. The van der Waals surface area contributed by atoms with Crippen LogP contribution in [0, 0.1) is 12.8 Å². The van der Waals surface area contributed by atoms with E-state index in [0.717, 1.165) is 5.69 Å². The average Bonchev–Trinajstić information content (AvgIpc) is 2.54. The molecule has 0 saturated heterocycles. The number of nitrogens with one attached hydrogen (secondary N) is 3. The molecule has 0 radical (unpaired) electrons. The average molecular weight is 344 g/mol. The number of aromatic amines is 2. The van der Waals surface area contributed by atoms with Crippen LogP contribution < -0.4 is 16.6 Å². The fourth-order valence-corrected chi connectivity index (χ4v) is 3.12. The number of nitrogens with zero attached hydrogens (tertiary/aromatic N) is 1. The molecule has 8 heteroatoms. The zero-order chi connectivity index (χ0) is 18.0. The fourth-order valence-electron chi connectivity index (χ4n) is 3.12. The number of carbonyl (C=O) groups is 1. The van der Waals surface area contributed by atoms with E-state index in [1.54, 1.807) is 19.2 Å². The molecule has 2 aromatic heterocycles. The number of aromatic nitrogens is 3. The lowest BCUT2D eigenvalue weighted by molar-refractivity contribution is -0.122. The Hall–Kier alpha value is -2.74. The molecule has 2 aromatic rings. The summed E-state index contributed by atoms with van der Waals surface area (Å²) in [4.78, 5) is 44.5. The van der Waals surface area contributed by atoms with Crippen molar-refractivity contribution in [2.45, 2.75) is 38.3 Å². The lowest BCUT2D eigenvalue weighted by Crippen LogP contribution is -2.42. The first kappa shape index (κ1) is 17.1. The van der Waals surface area contributed by atoms with Crippen LogP contribution in [-0.4, -0.2) is 32.1 Å². The van der Waals surface area contributed by atoms with Gasteiger partial charge in [-0.25, -0.2) is 4.79 Å². The van der Waals surface area contributed by atoms with Crippen LogP contribution in [0.25, 0.3) is 0 Å². The number of amides is 1. The number of rotatable bonds is 5. The minimum Gasteiger partial charge on any atom is -0.393 e. The Morgan fingerprint density at radius 2 is 2.12 bits per heavy atom. The topological polar surface area (TPSA) is 128 Å². The zero-order valence-electron chi connectivity index (χ0n) is 13.8. The summed E-state index contributed by atoms with van der Waals surface area (Å²) >= 11 is 0. The van der Waals surface area contributed by atoms with Crippen LogP contribution in [0.1, 0.15) is 35.8 Å². The van der Waals surface area contributed by atoms with Gasteiger partial charge in [0.1, 0.15) is 0 Å². The fraction of sp³-hybridized carbons (Fsp3) is 0.412. The highest BCUT2D eigenvalue weighted by Gasteiger charge is 2.36. The van der Waals surface area contributed by atoms with E-state index >= 15 is 0 Å². The maximum Gasteiger partial charge on any atom is 0.325 e. The third kappa shape index (κ3) is 3.85. The van der Waals surface area contributed by atoms with Crippen LogP contribution >= 0.6 is 0 Å². The molecule has 0 aromatic carbocycles. The predicted molar refractivity (Wildman–Crippen MR) is 90.0 cm³/mol. The van der Waals surface area contributed by atoms with E-state index in [9.17, 15) is 19.5 Å². The van der Waals surface area contributed by atoms with Crippen LogP contribution in [0.3, 0.4) is 0 Å². The van der Waals surface area contributed by atoms with Crippen molar-refractivity contribution < 1.29 is 9.90 Å². The second-order valence-electron chi connectivity index (χ2n) is 6.37. The molecule has 0 bridgehead atoms. The van der Waals surface area contributed by atoms with Gasteiger partial charge in [0.2, 0.25) is 5.91 Å². The molecule has 1 aliphatic carbocycles. The van der Waals surface area contributed by atoms with Gasteiger partial charge in [0.25, 0.3) is 5.56 Å². The zero-order valence-corrected chi connectivity index (χ0v) is 13.8. The molecule has 0 unspecified atom stereocenters. The Morgan fingerprint density at radius 1 is 1.36 bits per heavy atom. The van der Waals surface area contributed by atoms with Gasteiger partial charge < -0.3 is 15.4 Å². The van der Waals surface area contributed by atoms with Gasteiger partial charge in [-0.15, -0.1) is 0 Å². The highest BCUT2D eigenvalue weighted by atomic mass is 16.3.